The zero-order chi connectivity index (χ0) is 14.7. The molecule has 0 aliphatic rings. The van der Waals surface area contributed by atoms with E-state index in [9.17, 15) is 4.79 Å². The second-order valence-electron chi connectivity index (χ2n) is 5.33. The first-order valence-electron chi connectivity index (χ1n) is 6.84. The van der Waals surface area contributed by atoms with Gasteiger partial charge in [-0.05, 0) is 33.3 Å². The summed E-state index contributed by atoms with van der Waals surface area (Å²) in [5, 5.41) is 0. The topological polar surface area (TPSA) is 29.5 Å². The molecule has 0 radical (unpaired) electrons. The van der Waals surface area contributed by atoms with Crippen LogP contribution in [0.1, 0.15) is 47.0 Å². The summed E-state index contributed by atoms with van der Waals surface area (Å²) in [6.07, 6.45) is 12.4. The molecule has 19 heavy (non-hydrogen) atoms. The molecule has 3 heteroatoms. The molecule has 0 saturated heterocycles. The van der Waals surface area contributed by atoms with Crippen molar-refractivity contribution < 1.29 is 9.53 Å². The number of hydrogen-bond donors (Lipinski definition) is 0. The molecule has 0 spiro atoms. The molecular formula is C16H27NO2. The Balaban J connectivity index is 4.39. The minimum absolute atomic E-state index is 0.356. The minimum Gasteiger partial charge on any atom is -0.443 e. The standard InChI is InChI=1S/C16H27NO2/c1-6-8-9-10-11-12-14-17(13-7-2)15(18)19-16(3,4)5/h7,10-12,14H,2,6,8-9,13H2,1,3-5H3/b11-10+,14-12+. The lowest BCUT2D eigenvalue weighted by atomic mass is 10.2. The van der Waals surface area contributed by atoms with Gasteiger partial charge in [0.05, 0.1) is 0 Å². The molecule has 0 aromatic carbocycles. The number of allylic oxidation sites excluding steroid dienone is 3. The molecule has 1 amide bonds. The van der Waals surface area contributed by atoms with Crippen molar-refractivity contribution in [3.8, 4) is 0 Å². The third-order valence-electron chi connectivity index (χ3n) is 2.19. The number of ether oxygens (including phenoxy) is 1. The quantitative estimate of drug-likeness (QED) is 0.380. The van der Waals surface area contributed by atoms with Gasteiger partial charge in [-0.3, -0.25) is 4.90 Å². The van der Waals surface area contributed by atoms with Crippen LogP contribution in [0.15, 0.2) is 37.1 Å². The molecule has 0 aliphatic heterocycles. The molecule has 0 N–H and O–H groups in total. The summed E-state index contributed by atoms with van der Waals surface area (Å²) in [6.45, 7) is 11.8. The summed E-state index contributed by atoms with van der Waals surface area (Å²) < 4.78 is 5.31. The molecular weight excluding hydrogens is 238 g/mol. The lowest BCUT2D eigenvalue weighted by Gasteiger charge is -2.24. The van der Waals surface area contributed by atoms with Gasteiger partial charge >= 0.3 is 6.09 Å². The molecule has 0 rings (SSSR count). The number of rotatable bonds is 7. The fourth-order valence-corrected chi connectivity index (χ4v) is 1.31. The second kappa shape index (κ2) is 9.42. The molecule has 0 fully saturated rings. The molecule has 0 aliphatic carbocycles. The first-order chi connectivity index (χ1) is 8.90. The molecule has 0 atom stereocenters. The van der Waals surface area contributed by atoms with E-state index in [4.69, 9.17) is 4.74 Å². The van der Waals surface area contributed by atoms with Crippen molar-refractivity contribution in [2.45, 2.75) is 52.6 Å². The number of nitrogens with zero attached hydrogens (tertiary/aromatic N) is 1. The van der Waals surface area contributed by atoms with Gasteiger partial charge in [0.15, 0.2) is 0 Å². The zero-order valence-electron chi connectivity index (χ0n) is 12.7. The highest BCUT2D eigenvalue weighted by atomic mass is 16.6. The number of carbonyl (C=O) groups excluding carboxylic acids is 1. The number of unbranched alkanes of at least 4 members (excludes halogenated alkanes) is 2. The van der Waals surface area contributed by atoms with Crippen LogP contribution in [-0.4, -0.2) is 23.1 Å². The van der Waals surface area contributed by atoms with Crippen molar-refractivity contribution in [2.24, 2.45) is 0 Å². The maximum Gasteiger partial charge on any atom is 0.414 e. The third-order valence-corrected chi connectivity index (χ3v) is 2.19. The lowest BCUT2D eigenvalue weighted by Crippen LogP contribution is -2.33. The van der Waals surface area contributed by atoms with E-state index in [-0.39, 0.29) is 6.09 Å². The third kappa shape index (κ3) is 10.1. The van der Waals surface area contributed by atoms with Gasteiger partial charge in [0, 0.05) is 12.7 Å². The first kappa shape index (κ1) is 17.5. The highest BCUT2D eigenvalue weighted by Crippen LogP contribution is 2.10. The van der Waals surface area contributed by atoms with E-state index >= 15 is 0 Å². The average molecular weight is 265 g/mol. The largest absolute Gasteiger partial charge is 0.443 e. The molecule has 3 nitrogen and oxygen atoms in total. The first-order valence-corrected chi connectivity index (χ1v) is 6.84. The highest BCUT2D eigenvalue weighted by Gasteiger charge is 2.19. The number of amides is 1. The normalized spacial score (nSPS) is 12.0. The van der Waals surface area contributed by atoms with E-state index in [0.717, 1.165) is 6.42 Å². The van der Waals surface area contributed by atoms with Crippen molar-refractivity contribution >= 4 is 6.09 Å². The van der Waals surface area contributed by atoms with Crippen LogP contribution >= 0.6 is 0 Å². The molecule has 0 unspecified atom stereocenters. The predicted molar refractivity (Wildman–Crippen MR) is 80.9 cm³/mol. The van der Waals surface area contributed by atoms with Crippen LogP contribution in [-0.2, 0) is 4.74 Å². The number of hydrogen-bond acceptors (Lipinski definition) is 2. The summed E-state index contributed by atoms with van der Waals surface area (Å²) >= 11 is 0. The van der Waals surface area contributed by atoms with E-state index in [1.165, 1.54) is 17.7 Å². The summed E-state index contributed by atoms with van der Waals surface area (Å²) in [5.74, 6) is 0. The zero-order valence-corrected chi connectivity index (χ0v) is 12.7. The fraction of sp³-hybridized carbons (Fsp3) is 0.562. The van der Waals surface area contributed by atoms with Gasteiger partial charge in [0.25, 0.3) is 0 Å². The van der Waals surface area contributed by atoms with Crippen molar-refractivity contribution in [1.29, 1.82) is 0 Å². The summed E-state index contributed by atoms with van der Waals surface area (Å²) in [6, 6.07) is 0. The summed E-state index contributed by atoms with van der Waals surface area (Å²) in [7, 11) is 0. The molecule has 0 saturated carbocycles. The second-order valence-corrected chi connectivity index (χ2v) is 5.33. The van der Waals surface area contributed by atoms with Crippen molar-refractivity contribution in [2.75, 3.05) is 6.54 Å². The molecule has 0 aromatic heterocycles. The van der Waals surface area contributed by atoms with Crippen LogP contribution in [0.25, 0.3) is 0 Å². The summed E-state index contributed by atoms with van der Waals surface area (Å²) in [5.41, 5.74) is -0.485. The van der Waals surface area contributed by atoms with Crippen molar-refractivity contribution in [3.63, 3.8) is 0 Å². The van der Waals surface area contributed by atoms with Crippen LogP contribution < -0.4 is 0 Å². The van der Waals surface area contributed by atoms with Crippen LogP contribution in [0.5, 0.6) is 0 Å². The van der Waals surface area contributed by atoms with Gasteiger partial charge < -0.3 is 4.74 Å². The smallest absolute Gasteiger partial charge is 0.414 e. The van der Waals surface area contributed by atoms with E-state index in [1.54, 1.807) is 12.3 Å². The molecule has 108 valence electrons. The van der Waals surface area contributed by atoms with E-state index in [2.05, 4.69) is 19.6 Å². The average Bonchev–Trinajstić information content (AvgIpc) is 2.30. The molecule has 0 bridgehead atoms. The lowest BCUT2D eigenvalue weighted by molar-refractivity contribution is 0.0352. The molecule has 0 aromatic rings. The van der Waals surface area contributed by atoms with Crippen LogP contribution in [0, 0.1) is 0 Å². The highest BCUT2D eigenvalue weighted by molar-refractivity contribution is 5.69. The van der Waals surface area contributed by atoms with E-state index in [0.29, 0.717) is 6.54 Å². The van der Waals surface area contributed by atoms with Gasteiger partial charge in [-0.1, -0.05) is 38.0 Å². The van der Waals surface area contributed by atoms with Gasteiger partial charge in [0.2, 0.25) is 0 Å². The SMILES string of the molecule is C=CCN(/C=C/C=C/CCCC)C(=O)OC(C)(C)C. The maximum absolute atomic E-state index is 11.9. The Kier molecular flexibility index (Phi) is 8.68. The van der Waals surface area contributed by atoms with E-state index in [1.807, 2.05) is 32.9 Å². The van der Waals surface area contributed by atoms with Crippen LogP contribution in [0.2, 0.25) is 0 Å². The predicted octanol–water partition coefficient (Wildman–Crippen LogP) is 4.67. The van der Waals surface area contributed by atoms with Crippen molar-refractivity contribution in [1.82, 2.24) is 4.90 Å². The van der Waals surface area contributed by atoms with Crippen LogP contribution in [0.4, 0.5) is 4.79 Å². The fourth-order valence-electron chi connectivity index (χ4n) is 1.31. The minimum atomic E-state index is -0.485. The van der Waals surface area contributed by atoms with Crippen LogP contribution in [0.3, 0.4) is 0 Å². The van der Waals surface area contributed by atoms with Gasteiger partial charge in [-0.15, -0.1) is 6.58 Å². The monoisotopic (exact) mass is 265 g/mol. The Morgan fingerprint density at radius 3 is 2.53 bits per heavy atom. The number of carbonyl (C=O) groups is 1. The Labute approximate surface area is 117 Å². The van der Waals surface area contributed by atoms with Gasteiger partial charge in [-0.2, -0.15) is 0 Å². The Morgan fingerprint density at radius 1 is 1.32 bits per heavy atom. The van der Waals surface area contributed by atoms with Gasteiger partial charge in [-0.25, -0.2) is 4.79 Å². The maximum atomic E-state index is 11.9. The van der Waals surface area contributed by atoms with Crippen molar-refractivity contribution in [3.05, 3.63) is 37.1 Å². The Morgan fingerprint density at radius 2 is 2.00 bits per heavy atom. The molecule has 0 heterocycles. The van der Waals surface area contributed by atoms with Gasteiger partial charge in [0.1, 0.15) is 5.60 Å². The van der Waals surface area contributed by atoms with E-state index < -0.39 is 5.60 Å². The Hall–Kier alpha value is -1.51. The summed E-state index contributed by atoms with van der Waals surface area (Å²) in [4.78, 5) is 13.4. The Bertz CT molecular complexity index is 324.